The van der Waals surface area contributed by atoms with Gasteiger partial charge in [-0.25, -0.2) is 9.98 Å². The lowest BCUT2D eigenvalue weighted by Crippen LogP contribution is -2.40. The van der Waals surface area contributed by atoms with Crippen molar-refractivity contribution in [1.29, 1.82) is 0 Å². The molecule has 1 aromatic carbocycles. The molecule has 0 fully saturated rings. The van der Waals surface area contributed by atoms with E-state index in [1.165, 1.54) is 13.1 Å². The summed E-state index contributed by atoms with van der Waals surface area (Å²) in [5.41, 5.74) is -0.425. The molecule has 0 saturated heterocycles. The Balaban J connectivity index is 1.43. The molecule has 4 atom stereocenters. The molecule has 2 aromatic rings. The highest BCUT2D eigenvalue weighted by molar-refractivity contribution is 7.11. The molecule has 0 saturated carbocycles. The van der Waals surface area contributed by atoms with Gasteiger partial charge in [-0.05, 0) is 38.1 Å². The molecule has 3 N–H and O–H groups in total. The van der Waals surface area contributed by atoms with Crippen LogP contribution >= 0.6 is 22.9 Å². The van der Waals surface area contributed by atoms with Crippen molar-refractivity contribution in [2.75, 3.05) is 25.1 Å². The number of aromatic nitrogens is 1. The number of thiazole rings is 1. The van der Waals surface area contributed by atoms with Crippen LogP contribution in [0.5, 0.6) is 5.75 Å². The van der Waals surface area contributed by atoms with Crippen LogP contribution in [0.15, 0.2) is 41.3 Å². The number of carbonyl (C=O) groups is 1. The van der Waals surface area contributed by atoms with E-state index < -0.39 is 29.2 Å². The molecule has 2 aliphatic rings. The number of benzene rings is 1. The lowest BCUT2D eigenvalue weighted by atomic mass is 10.0. The summed E-state index contributed by atoms with van der Waals surface area (Å²) in [6.45, 7) is 4.42. The zero-order valence-electron chi connectivity index (χ0n) is 19.6. The number of aliphatic imine (C=N–C) groups is 1. The highest BCUT2D eigenvalue weighted by Crippen LogP contribution is 2.36. The van der Waals surface area contributed by atoms with E-state index in [0.717, 1.165) is 35.9 Å². The van der Waals surface area contributed by atoms with E-state index >= 15 is 0 Å². The number of nitrogens with zero attached hydrogens (tertiary/aromatic N) is 3. The monoisotopic (exact) mass is 543 g/mol. The first-order valence-corrected chi connectivity index (χ1v) is 12.3. The fourth-order valence-corrected chi connectivity index (χ4v) is 4.96. The van der Waals surface area contributed by atoms with Crippen molar-refractivity contribution >= 4 is 40.7 Å². The van der Waals surface area contributed by atoms with Gasteiger partial charge in [-0.2, -0.15) is 13.2 Å². The van der Waals surface area contributed by atoms with E-state index in [2.05, 4.69) is 20.6 Å². The average Bonchev–Trinajstić information content (AvgIpc) is 3.31. The first-order valence-electron chi connectivity index (χ1n) is 11.1. The normalized spacial score (nSPS) is 22.1. The van der Waals surface area contributed by atoms with E-state index in [0.29, 0.717) is 27.8 Å². The molecule has 0 bridgehead atoms. The predicted molar refractivity (Wildman–Crippen MR) is 132 cm³/mol. The van der Waals surface area contributed by atoms with Crippen molar-refractivity contribution in [2.24, 2.45) is 10.9 Å². The number of halogens is 4. The molecule has 0 spiro atoms. The van der Waals surface area contributed by atoms with Gasteiger partial charge in [0.15, 0.2) is 5.72 Å². The molecule has 3 unspecified atom stereocenters. The molecule has 8 nitrogen and oxygen atoms in total. The number of hydrogen-bond donors (Lipinski definition) is 3. The van der Waals surface area contributed by atoms with Crippen molar-refractivity contribution in [1.82, 2.24) is 15.6 Å². The summed E-state index contributed by atoms with van der Waals surface area (Å²) in [5, 5.41) is 15.6. The maximum Gasteiger partial charge on any atom is 0.397 e. The molecule has 3 heterocycles. The van der Waals surface area contributed by atoms with Crippen LogP contribution in [0.1, 0.15) is 40.1 Å². The van der Waals surface area contributed by atoms with Crippen LogP contribution < -0.4 is 20.3 Å². The van der Waals surface area contributed by atoms with Crippen LogP contribution in [0.25, 0.3) is 0 Å². The molecule has 194 valence electrons. The van der Waals surface area contributed by atoms with Crippen molar-refractivity contribution in [2.45, 2.75) is 37.2 Å². The number of nitrogens with one attached hydrogen (secondary N) is 2. The van der Waals surface area contributed by atoms with Crippen LogP contribution in [-0.4, -0.2) is 54.0 Å². The van der Waals surface area contributed by atoms with Crippen molar-refractivity contribution < 1.29 is 27.8 Å². The Kier molecular flexibility index (Phi) is 7.22. The Morgan fingerprint density at radius 3 is 2.86 bits per heavy atom. The van der Waals surface area contributed by atoms with Crippen molar-refractivity contribution in [3.63, 3.8) is 0 Å². The first-order chi connectivity index (χ1) is 16.8. The van der Waals surface area contributed by atoms with Crippen LogP contribution in [0.4, 0.5) is 18.9 Å². The summed E-state index contributed by atoms with van der Waals surface area (Å²) in [4.78, 5) is 23.4. The largest absolute Gasteiger partial charge is 0.490 e. The molecule has 0 aliphatic carbocycles. The number of allylic oxidation sites excluding steroid dienone is 1. The maximum absolute atomic E-state index is 13.2. The molecular weight excluding hydrogens is 519 g/mol. The molecule has 0 radical (unpaired) electrons. The summed E-state index contributed by atoms with van der Waals surface area (Å²) in [6, 6.07) is 4.74. The molecule has 1 amide bonds. The van der Waals surface area contributed by atoms with Gasteiger partial charge in [0, 0.05) is 25.0 Å². The minimum absolute atomic E-state index is 0.157. The van der Waals surface area contributed by atoms with Gasteiger partial charge in [-0.1, -0.05) is 0 Å². The third kappa shape index (κ3) is 5.60. The number of alkyl halides is 4. The second-order valence-corrected chi connectivity index (χ2v) is 10.3. The summed E-state index contributed by atoms with van der Waals surface area (Å²) in [5.74, 6) is -1.78. The van der Waals surface area contributed by atoms with Gasteiger partial charge in [0.2, 0.25) is 0 Å². The Morgan fingerprint density at radius 2 is 2.14 bits per heavy atom. The summed E-state index contributed by atoms with van der Waals surface area (Å²) < 4.78 is 45.3. The lowest BCUT2D eigenvalue weighted by molar-refractivity contribution is -0.158. The topological polar surface area (TPSA) is 99.1 Å². The van der Waals surface area contributed by atoms with Crippen molar-refractivity contribution in [3.05, 3.63) is 51.7 Å². The Hall–Kier alpha value is -2.83. The fourth-order valence-electron chi connectivity index (χ4n) is 3.76. The summed E-state index contributed by atoms with van der Waals surface area (Å²) in [6.07, 6.45) is -1.32. The number of anilines is 1. The van der Waals surface area contributed by atoms with Gasteiger partial charge in [0.25, 0.3) is 5.91 Å². The Bertz CT molecular complexity index is 1200. The molecule has 36 heavy (non-hydrogen) atoms. The number of carbonyl (C=O) groups excluding carboxylic acids is 1. The van der Waals surface area contributed by atoms with E-state index in [1.807, 2.05) is 18.0 Å². The minimum atomic E-state index is -4.55. The second-order valence-electron chi connectivity index (χ2n) is 8.75. The molecule has 1 aromatic heterocycles. The highest BCUT2D eigenvalue weighted by atomic mass is 35.5. The molecule has 4 rings (SSSR count). The third-order valence-electron chi connectivity index (χ3n) is 5.82. The number of aliphatic hydroxyl groups is 1. The smallest absolute Gasteiger partial charge is 0.397 e. The highest BCUT2D eigenvalue weighted by Gasteiger charge is 2.44. The van der Waals surface area contributed by atoms with E-state index in [4.69, 9.17) is 16.3 Å². The van der Waals surface area contributed by atoms with Crippen LogP contribution in [0.2, 0.25) is 0 Å². The molecule has 2 aliphatic heterocycles. The second kappa shape index (κ2) is 9.91. The van der Waals surface area contributed by atoms with E-state index in [1.54, 1.807) is 19.1 Å². The number of likely N-dealkylation sites (N-methyl/N-ethyl adjacent to an activating group) is 1. The van der Waals surface area contributed by atoms with Gasteiger partial charge in [0.05, 0.1) is 34.4 Å². The zero-order valence-corrected chi connectivity index (χ0v) is 21.2. The first kappa shape index (κ1) is 26.2. The van der Waals surface area contributed by atoms with Gasteiger partial charge < -0.3 is 25.4 Å². The Morgan fingerprint density at radius 1 is 1.39 bits per heavy atom. The number of rotatable bonds is 6. The summed E-state index contributed by atoms with van der Waals surface area (Å²) >= 11 is 6.84. The van der Waals surface area contributed by atoms with Crippen LogP contribution in [0.3, 0.4) is 0 Å². The standard InChI is InChI=1S/C23H25ClF3N5O3S/c1-12(30-20(33)13-4-5-16-17(8-13)35-7-6-32(16)3)21-29-11-18(36-21)22(2,34)31-19-9-14(23(25,26)27)15(24)10-28-19/h4-5,8-12,14-15,31,34H,6-7H2,1-3H3,(H,30,33)/t12-,14?,15?,22?/m1/s1. The van der Waals surface area contributed by atoms with Crippen LogP contribution in [0, 0.1) is 5.92 Å². The summed E-state index contributed by atoms with van der Waals surface area (Å²) in [7, 11) is 1.95. The zero-order chi connectivity index (χ0) is 26.3. The SMILES string of the molecule is C[C@@H](NC(=O)c1ccc2c(c1)OCCN2C)c1ncc(C(C)(O)NC2=CC(C(F)(F)F)C(Cl)C=N2)s1. The number of ether oxygens (including phenoxy) is 1. The molecular formula is C23H25ClF3N5O3S. The fraction of sp³-hybridized carbons (Fsp3) is 0.435. The third-order valence-corrected chi connectivity index (χ3v) is 7.60. The van der Waals surface area contributed by atoms with Gasteiger partial charge in [0.1, 0.15) is 23.2 Å². The average molecular weight is 544 g/mol. The van der Waals surface area contributed by atoms with E-state index in [9.17, 15) is 23.1 Å². The minimum Gasteiger partial charge on any atom is -0.490 e. The number of hydrogen-bond acceptors (Lipinski definition) is 8. The number of fused-ring (bicyclic) bond motifs is 1. The van der Waals surface area contributed by atoms with E-state index in [-0.39, 0.29) is 11.7 Å². The lowest BCUT2D eigenvalue weighted by Gasteiger charge is -2.28. The van der Waals surface area contributed by atoms with Crippen molar-refractivity contribution in [3.8, 4) is 5.75 Å². The quantitative estimate of drug-likeness (QED) is 0.377. The Labute approximate surface area is 214 Å². The van der Waals surface area contributed by atoms with Gasteiger partial charge in [-0.15, -0.1) is 22.9 Å². The maximum atomic E-state index is 13.2. The van der Waals surface area contributed by atoms with Gasteiger partial charge in [-0.3, -0.25) is 4.79 Å². The van der Waals surface area contributed by atoms with Gasteiger partial charge >= 0.3 is 6.18 Å². The van der Waals surface area contributed by atoms with Crippen LogP contribution in [-0.2, 0) is 5.72 Å². The number of amides is 1. The predicted octanol–water partition coefficient (Wildman–Crippen LogP) is 3.93. The molecule has 13 heteroatoms.